The summed E-state index contributed by atoms with van der Waals surface area (Å²) in [7, 11) is 1.82. The highest BCUT2D eigenvalue weighted by molar-refractivity contribution is 6.01. The smallest absolute Gasteiger partial charge is 0.0386 e. The molecule has 2 aromatic rings. The minimum atomic E-state index is 1.08. The lowest BCUT2D eigenvalue weighted by Crippen LogP contribution is -1.93. The summed E-state index contributed by atoms with van der Waals surface area (Å²) in [5, 5.41) is 2.55. The van der Waals surface area contributed by atoms with Crippen LogP contribution < -0.4 is 0 Å². The van der Waals surface area contributed by atoms with Crippen LogP contribution in [0.4, 0.5) is 0 Å². The molecule has 0 atom stereocenters. The molecule has 0 unspecified atom stereocenters. The molecule has 2 aromatic carbocycles. The predicted molar refractivity (Wildman–Crippen MR) is 62.1 cm³/mol. The molecule has 0 saturated heterocycles. The van der Waals surface area contributed by atoms with Gasteiger partial charge in [-0.15, -0.1) is 0 Å². The van der Waals surface area contributed by atoms with E-state index in [1.54, 1.807) is 0 Å². The standard InChI is InChI=1S/C13H13N/c1-10(14-2)12-8-7-11-5-3-4-6-13(11)9-12/h3-9H,1-2H3. The van der Waals surface area contributed by atoms with Gasteiger partial charge in [-0.25, -0.2) is 0 Å². The topological polar surface area (TPSA) is 12.4 Å². The Kier molecular flexibility index (Phi) is 2.32. The van der Waals surface area contributed by atoms with Gasteiger partial charge in [-0.1, -0.05) is 36.4 Å². The molecular weight excluding hydrogens is 170 g/mol. The number of fused-ring (bicyclic) bond motifs is 1. The van der Waals surface area contributed by atoms with Crippen molar-refractivity contribution in [2.24, 2.45) is 4.99 Å². The lowest BCUT2D eigenvalue weighted by Gasteiger charge is -2.02. The zero-order valence-electron chi connectivity index (χ0n) is 8.49. The van der Waals surface area contributed by atoms with Crippen molar-refractivity contribution >= 4 is 16.5 Å². The van der Waals surface area contributed by atoms with E-state index in [-0.39, 0.29) is 0 Å². The van der Waals surface area contributed by atoms with Crippen LogP contribution in [0.3, 0.4) is 0 Å². The number of hydrogen-bond donors (Lipinski definition) is 0. The number of benzene rings is 2. The second kappa shape index (κ2) is 3.62. The third-order valence-corrected chi connectivity index (χ3v) is 2.50. The minimum absolute atomic E-state index is 1.08. The molecular formula is C13H13N. The van der Waals surface area contributed by atoms with Gasteiger partial charge in [-0.3, -0.25) is 4.99 Å². The largest absolute Gasteiger partial charge is 0.293 e. The van der Waals surface area contributed by atoms with Gasteiger partial charge >= 0.3 is 0 Å². The lowest BCUT2D eigenvalue weighted by molar-refractivity contribution is 1.41. The monoisotopic (exact) mass is 183 g/mol. The molecule has 0 saturated carbocycles. The first-order chi connectivity index (χ1) is 6.81. The Labute approximate surface area is 84.1 Å². The van der Waals surface area contributed by atoms with Gasteiger partial charge in [-0.05, 0) is 29.3 Å². The summed E-state index contributed by atoms with van der Waals surface area (Å²) in [5.41, 5.74) is 2.28. The average Bonchev–Trinajstić information content (AvgIpc) is 2.27. The van der Waals surface area contributed by atoms with E-state index in [0.717, 1.165) is 5.71 Å². The van der Waals surface area contributed by atoms with Crippen molar-refractivity contribution in [2.75, 3.05) is 7.05 Å². The van der Waals surface area contributed by atoms with E-state index in [2.05, 4.69) is 47.5 Å². The molecule has 2 rings (SSSR count). The molecule has 0 radical (unpaired) electrons. The van der Waals surface area contributed by atoms with Gasteiger partial charge in [-0.2, -0.15) is 0 Å². The van der Waals surface area contributed by atoms with E-state index in [4.69, 9.17) is 0 Å². The maximum Gasteiger partial charge on any atom is 0.0386 e. The SMILES string of the molecule is CN=C(C)c1ccc2ccccc2c1. The van der Waals surface area contributed by atoms with Crippen LogP contribution in [0.15, 0.2) is 47.5 Å². The average molecular weight is 183 g/mol. The molecule has 0 fully saturated rings. The lowest BCUT2D eigenvalue weighted by atomic mass is 10.0. The van der Waals surface area contributed by atoms with Crippen LogP contribution in [0, 0.1) is 0 Å². The first-order valence-electron chi connectivity index (χ1n) is 4.74. The Morgan fingerprint density at radius 1 is 1.00 bits per heavy atom. The molecule has 0 bridgehead atoms. The molecule has 0 aliphatic rings. The number of hydrogen-bond acceptors (Lipinski definition) is 1. The molecule has 1 heteroatoms. The van der Waals surface area contributed by atoms with Crippen molar-refractivity contribution in [3.63, 3.8) is 0 Å². The highest BCUT2D eigenvalue weighted by Gasteiger charge is 1.97. The van der Waals surface area contributed by atoms with E-state index in [0.29, 0.717) is 0 Å². The third-order valence-electron chi connectivity index (χ3n) is 2.50. The zero-order chi connectivity index (χ0) is 9.97. The fourth-order valence-corrected chi connectivity index (χ4v) is 1.54. The van der Waals surface area contributed by atoms with Gasteiger partial charge in [0.15, 0.2) is 0 Å². The fourth-order valence-electron chi connectivity index (χ4n) is 1.54. The molecule has 0 aromatic heterocycles. The van der Waals surface area contributed by atoms with Gasteiger partial charge in [0.1, 0.15) is 0 Å². The quantitative estimate of drug-likeness (QED) is 0.602. The number of rotatable bonds is 1. The van der Waals surface area contributed by atoms with Crippen molar-refractivity contribution < 1.29 is 0 Å². The maximum atomic E-state index is 4.18. The molecule has 0 aliphatic carbocycles. The Balaban J connectivity index is 2.62. The van der Waals surface area contributed by atoms with Crippen molar-refractivity contribution in [3.8, 4) is 0 Å². The van der Waals surface area contributed by atoms with E-state index < -0.39 is 0 Å². The summed E-state index contributed by atoms with van der Waals surface area (Å²) < 4.78 is 0. The Bertz CT molecular complexity index is 483. The van der Waals surface area contributed by atoms with Crippen LogP contribution in [0.2, 0.25) is 0 Å². The summed E-state index contributed by atoms with van der Waals surface area (Å²) in [5.74, 6) is 0. The maximum absolute atomic E-state index is 4.18. The Hall–Kier alpha value is -1.63. The minimum Gasteiger partial charge on any atom is -0.293 e. The second-order valence-electron chi connectivity index (χ2n) is 3.37. The van der Waals surface area contributed by atoms with E-state index in [1.165, 1.54) is 16.3 Å². The van der Waals surface area contributed by atoms with Crippen LogP contribution in [-0.2, 0) is 0 Å². The molecule has 0 amide bonds. The highest BCUT2D eigenvalue weighted by atomic mass is 14.7. The van der Waals surface area contributed by atoms with E-state index in [1.807, 2.05) is 14.0 Å². The van der Waals surface area contributed by atoms with Gasteiger partial charge in [0.25, 0.3) is 0 Å². The van der Waals surface area contributed by atoms with Crippen molar-refractivity contribution in [1.82, 2.24) is 0 Å². The molecule has 70 valence electrons. The van der Waals surface area contributed by atoms with Crippen molar-refractivity contribution in [1.29, 1.82) is 0 Å². The van der Waals surface area contributed by atoms with Crippen LogP contribution >= 0.6 is 0 Å². The third kappa shape index (κ3) is 1.53. The molecule has 0 spiro atoms. The Morgan fingerprint density at radius 3 is 2.43 bits per heavy atom. The normalized spacial score (nSPS) is 12.0. The Morgan fingerprint density at radius 2 is 1.71 bits per heavy atom. The van der Waals surface area contributed by atoms with E-state index >= 15 is 0 Å². The van der Waals surface area contributed by atoms with Crippen LogP contribution in [-0.4, -0.2) is 12.8 Å². The zero-order valence-corrected chi connectivity index (χ0v) is 8.49. The van der Waals surface area contributed by atoms with Gasteiger partial charge in [0.2, 0.25) is 0 Å². The molecule has 0 N–H and O–H groups in total. The summed E-state index contributed by atoms with van der Waals surface area (Å²) in [4.78, 5) is 4.18. The van der Waals surface area contributed by atoms with Crippen molar-refractivity contribution in [3.05, 3.63) is 48.0 Å². The highest BCUT2D eigenvalue weighted by Crippen LogP contribution is 2.15. The fraction of sp³-hybridized carbons (Fsp3) is 0.154. The number of aliphatic imine (C=N–C) groups is 1. The van der Waals surface area contributed by atoms with E-state index in [9.17, 15) is 0 Å². The summed E-state index contributed by atoms with van der Waals surface area (Å²) in [6, 6.07) is 14.8. The summed E-state index contributed by atoms with van der Waals surface area (Å²) >= 11 is 0. The molecule has 0 aliphatic heterocycles. The first-order valence-corrected chi connectivity index (χ1v) is 4.74. The summed E-state index contributed by atoms with van der Waals surface area (Å²) in [6.45, 7) is 2.03. The molecule has 14 heavy (non-hydrogen) atoms. The number of nitrogens with zero attached hydrogens (tertiary/aromatic N) is 1. The first kappa shape index (κ1) is 8.95. The predicted octanol–water partition coefficient (Wildman–Crippen LogP) is 3.28. The van der Waals surface area contributed by atoms with Crippen molar-refractivity contribution in [2.45, 2.75) is 6.92 Å². The molecule has 0 heterocycles. The summed E-state index contributed by atoms with van der Waals surface area (Å²) in [6.07, 6.45) is 0. The molecule has 1 nitrogen and oxygen atoms in total. The van der Waals surface area contributed by atoms with Crippen LogP contribution in [0.25, 0.3) is 10.8 Å². The van der Waals surface area contributed by atoms with Gasteiger partial charge in [0.05, 0.1) is 0 Å². The second-order valence-corrected chi connectivity index (χ2v) is 3.37. The van der Waals surface area contributed by atoms with Crippen LogP contribution in [0.1, 0.15) is 12.5 Å². The van der Waals surface area contributed by atoms with Gasteiger partial charge < -0.3 is 0 Å². The van der Waals surface area contributed by atoms with Gasteiger partial charge in [0, 0.05) is 12.8 Å². The van der Waals surface area contributed by atoms with Crippen LogP contribution in [0.5, 0.6) is 0 Å².